The third-order valence-electron chi connectivity index (χ3n) is 5.11. The molecule has 0 unspecified atom stereocenters. The molecule has 0 aliphatic rings. The molecule has 0 saturated heterocycles. The minimum atomic E-state index is -4.93. The summed E-state index contributed by atoms with van der Waals surface area (Å²) < 4.78 is 54.6. The van der Waals surface area contributed by atoms with E-state index in [-0.39, 0.29) is 17.1 Å². The average molecular weight is 469 g/mol. The number of alkyl halides is 3. The fourth-order valence-electron chi connectivity index (χ4n) is 3.31. The normalized spacial score (nSPS) is 11.4. The lowest BCUT2D eigenvalue weighted by molar-refractivity contribution is -0.140. The van der Waals surface area contributed by atoms with Crippen LogP contribution in [0.5, 0.6) is 0 Å². The number of hydrogen-bond acceptors (Lipinski definition) is 4. The highest BCUT2D eigenvalue weighted by molar-refractivity contribution is 6.06. The molecule has 1 amide bonds. The Labute approximate surface area is 192 Å². The van der Waals surface area contributed by atoms with E-state index < -0.39 is 23.5 Å². The maximum atomic E-state index is 13.7. The van der Waals surface area contributed by atoms with Gasteiger partial charge in [0.15, 0.2) is 5.82 Å². The maximum absolute atomic E-state index is 13.7. The van der Waals surface area contributed by atoms with Crippen molar-refractivity contribution in [3.63, 3.8) is 0 Å². The summed E-state index contributed by atoms with van der Waals surface area (Å²) >= 11 is 0. The van der Waals surface area contributed by atoms with Crippen molar-refractivity contribution in [1.29, 1.82) is 0 Å². The van der Waals surface area contributed by atoms with E-state index in [1.165, 1.54) is 0 Å². The van der Waals surface area contributed by atoms with Gasteiger partial charge in [0.1, 0.15) is 5.82 Å². The average Bonchev–Trinajstić information content (AvgIpc) is 3.22. The van der Waals surface area contributed by atoms with Gasteiger partial charge in [-0.15, -0.1) is 0 Å². The Morgan fingerprint density at radius 3 is 2.44 bits per heavy atom. The van der Waals surface area contributed by atoms with Crippen molar-refractivity contribution in [2.75, 3.05) is 10.6 Å². The topological polar surface area (TPSA) is 71.8 Å². The highest BCUT2D eigenvalue weighted by Gasteiger charge is 2.34. The van der Waals surface area contributed by atoms with Crippen LogP contribution in [0, 0.1) is 12.7 Å². The third-order valence-corrected chi connectivity index (χ3v) is 5.11. The first kappa shape index (κ1) is 23.0. The number of rotatable bonds is 5. The van der Waals surface area contributed by atoms with Crippen molar-refractivity contribution in [1.82, 2.24) is 14.8 Å². The van der Waals surface area contributed by atoms with E-state index in [0.29, 0.717) is 17.7 Å². The van der Waals surface area contributed by atoms with E-state index in [4.69, 9.17) is 0 Å². The fourth-order valence-corrected chi connectivity index (χ4v) is 3.31. The van der Waals surface area contributed by atoms with Gasteiger partial charge in [0.25, 0.3) is 5.91 Å². The summed E-state index contributed by atoms with van der Waals surface area (Å²) in [5, 5.41) is 9.86. The summed E-state index contributed by atoms with van der Waals surface area (Å²) in [7, 11) is 1.75. The smallest absolute Gasteiger partial charge is 0.338 e. The summed E-state index contributed by atoms with van der Waals surface area (Å²) in [6, 6.07) is 11.1. The fraction of sp³-hybridized carbons (Fsp3) is 0.125. The molecule has 174 valence electrons. The molecule has 2 aromatic heterocycles. The van der Waals surface area contributed by atoms with Gasteiger partial charge in [0.05, 0.1) is 17.4 Å². The minimum Gasteiger partial charge on any atom is -0.338 e. The van der Waals surface area contributed by atoms with Crippen LogP contribution in [0.4, 0.5) is 34.8 Å². The quantitative estimate of drug-likeness (QED) is 0.355. The first-order valence-electron chi connectivity index (χ1n) is 10.1. The molecular weight excluding hydrogens is 450 g/mol. The number of benzene rings is 2. The molecule has 10 heteroatoms. The number of carbonyl (C=O) groups excluding carboxylic acids is 1. The number of anilines is 3. The monoisotopic (exact) mass is 469 g/mol. The van der Waals surface area contributed by atoms with Crippen molar-refractivity contribution in [3.8, 4) is 11.1 Å². The Balaban J connectivity index is 1.72. The largest absolute Gasteiger partial charge is 0.419 e. The zero-order chi connectivity index (χ0) is 24.5. The van der Waals surface area contributed by atoms with E-state index in [0.717, 1.165) is 22.9 Å². The SMILES string of the molecule is Cc1ccccc1Nc1ncc(-c2cnn(C)c2)cc1NC(=O)c1ccc(F)c(C(F)(F)F)c1. The van der Waals surface area contributed by atoms with E-state index in [1.807, 2.05) is 31.2 Å². The standard InChI is InChI=1S/C24H19F4N5O/c1-14-5-3-4-6-20(14)31-22-21(10-16(11-29-22)17-12-30-33(2)13-17)32-23(34)15-7-8-19(25)18(9-15)24(26,27)28/h3-13H,1-2H3,(H,29,31)(H,32,34). The molecule has 4 rings (SSSR count). The number of pyridine rings is 1. The van der Waals surface area contributed by atoms with Gasteiger partial charge < -0.3 is 10.6 Å². The summed E-state index contributed by atoms with van der Waals surface area (Å²) in [6.45, 7) is 1.89. The summed E-state index contributed by atoms with van der Waals surface area (Å²) in [6.07, 6.45) is 0.0336. The highest BCUT2D eigenvalue weighted by atomic mass is 19.4. The highest BCUT2D eigenvalue weighted by Crippen LogP contribution is 2.33. The second kappa shape index (κ2) is 8.97. The molecule has 0 atom stereocenters. The molecule has 2 aromatic carbocycles. The van der Waals surface area contributed by atoms with Crippen LogP contribution in [-0.2, 0) is 13.2 Å². The first-order valence-corrected chi connectivity index (χ1v) is 10.1. The van der Waals surface area contributed by atoms with Crippen LogP contribution in [0.1, 0.15) is 21.5 Å². The molecule has 0 fully saturated rings. The predicted molar refractivity (Wildman–Crippen MR) is 120 cm³/mol. The summed E-state index contributed by atoms with van der Waals surface area (Å²) in [5.74, 6) is -2.01. The van der Waals surface area contributed by atoms with Crippen molar-refractivity contribution in [3.05, 3.63) is 89.6 Å². The molecule has 0 saturated carbocycles. The Morgan fingerprint density at radius 2 is 1.76 bits per heavy atom. The van der Waals surface area contributed by atoms with Gasteiger partial charge in [-0.1, -0.05) is 18.2 Å². The number of hydrogen-bond donors (Lipinski definition) is 2. The van der Waals surface area contributed by atoms with Crippen LogP contribution < -0.4 is 10.6 Å². The van der Waals surface area contributed by atoms with Crippen LogP contribution in [0.25, 0.3) is 11.1 Å². The van der Waals surface area contributed by atoms with Gasteiger partial charge in [-0.2, -0.15) is 18.3 Å². The van der Waals surface area contributed by atoms with Crippen molar-refractivity contribution < 1.29 is 22.4 Å². The second-order valence-corrected chi connectivity index (χ2v) is 7.61. The number of nitrogens with zero attached hydrogens (tertiary/aromatic N) is 3. The number of aryl methyl sites for hydroxylation is 2. The van der Waals surface area contributed by atoms with Crippen LogP contribution in [-0.4, -0.2) is 20.7 Å². The van der Waals surface area contributed by atoms with E-state index in [1.54, 1.807) is 36.4 Å². The van der Waals surface area contributed by atoms with Gasteiger partial charge in [0.2, 0.25) is 0 Å². The van der Waals surface area contributed by atoms with Crippen molar-refractivity contribution in [2.45, 2.75) is 13.1 Å². The summed E-state index contributed by atoms with van der Waals surface area (Å²) in [4.78, 5) is 17.3. The number of carbonyl (C=O) groups is 1. The molecule has 0 aliphatic heterocycles. The molecule has 2 N–H and O–H groups in total. The van der Waals surface area contributed by atoms with E-state index in [9.17, 15) is 22.4 Å². The van der Waals surface area contributed by atoms with Crippen LogP contribution in [0.15, 0.2) is 67.1 Å². The molecule has 0 aliphatic carbocycles. The maximum Gasteiger partial charge on any atom is 0.419 e. The lowest BCUT2D eigenvalue weighted by atomic mass is 10.1. The zero-order valence-electron chi connectivity index (χ0n) is 18.1. The van der Waals surface area contributed by atoms with Gasteiger partial charge in [0, 0.05) is 41.8 Å². The number of nitrogens with one attached hydrogen (secondary N) is 2. The Hall–Kier alpha value is -4.21. The molecule has 4 aromatic rings. The molecule has 6 nitrogen and oxygen atoms in total. The Morgan fingerprint density at radius 1 is 1.00 bits per heavy atom. The van der Waals surface area contributed by atoms with Crippen molar-refractivity contribution >= 4 is 23.1 Å². The summed E-state index contributed by atoms with van der Waals surface area (Å²) in [5.41, 5.74) is 1.39. The number of halogens is 4. The Kier molecular flexibility index (Phi) is 6.06. The molecule has 34 heavy (non-hydrogen) atoms. The lowest BCUT2D eigenvalue weighted by Gasteiger charge is -2.15. The second-order valence-electron chi connectivity index (χ2n) is 7.61. The number of para-hydroxylation sites is 1. The molecule has 0 radical (unpaired) electrons. The first-order chi connectivity index (χ1) is 16.1. The molecule has 0 bridgehead atoms. The minimum absolute atomic E-state index is 0.229. The van der Waals surface area contributed by atoms with Crippen molar-refractivity contribution in [2.24, 2.45) is 7.05 Å². The number of amides is 1. The van der Waals surface area contributed by atoms with E-state index in [2.05, 4.69) is 20.7 Å². The molecule has 2 heterocycles. The van der Waals surface area contributed by atoms with Gasteiger partial charge in [-0.25, -0.2) is 9.37 Å². The Bertz CT molecular complexity index is 1360. The molecular formula is C24H19F4N5O. The van der Waals surface area contributed by atoms with Crippen LogP contribution in [0.2, 0.25) is 0 Å². The predicted octanol–water partition coefficient (Wildman–Crippen LogP) is 5.94. The lowest BCUT2D eigenvalue weighted by Crippen LogP contribution is -2.16. The van der Waals surface area contributed by atoms with Gasteiger partial charge >= 0.3 is 6.18 Å². The van der Waals surface area contributed by atoms with Gasteiger partial charge in [-0.05, 0) is 42.8 Å². The van der Waals surface area contributed by atoms with Crippen LogP contribution in [0.3, 0.4) is 0 Å². The van der Waals surface area contributed by atoms with E-state index >= 15 is 0 Å². The zero-order valence-corrected chi connectivity index (χ0v) is 18.1. The van der Waals surface area contributed by atoms with Crippen LogP contribution >= 0.6 is 0 Å². The van der Waals surface area contributed by atoms with Gasteiger partial charge in [-0.3, -0.25) is 9.48 Å². The third kappa shape index (κ3) is 4.90. The number of aromatic nitrogens is 3. The molecule has 0 spiro atoms.